The molecule has 25 heavy (non-hydrogen) atoms. The molecule has 0 aromatic heterocycles. The van der Waals surface area contributed by atoms with E-state index in [4.69, 9.17) is 0 Å². The van der Waals surface area contributed by atoms with Crippen molar-refractivity contribution in [2.75, 3.05) is 11.4 Å². The number of halogens is 1. The summed E-state index contributed by atoms with van der Waals surface area (Å²) in [6.07, 6.45) is 0.619. The maximum absolute atomic E-state index is 13.4. The van der Waals surface area contributed by atoms with E-state index in [2.05, 4.69) is 4.90 Å². The van der Waals surface area contributed by atoms with Crippen molar-refractivity contribution < 1.29 is 9.50 Å². The van der Waals surface area contributed by atoms with E-state index in [1.54, 1.807) is 12.1 Å². The van der Waals surface area contributed by atoms with Crippen LogP contribution >= 0.6 is 0 Å². The molecule has 1 N–H and O–H groups in total. The molecule has 2 atom stereocenters. The van der Waals surface area contributed by atoms with Crippen LogP contribution in [-0.2, 0) is 5.60 Å². The highest BCUT2D eigenvalue weighted by Gasteiger charge is 2.48. The molecule has 1 aliphatic heterocycles. The standard InChI is InChI=1S/C22H20FNO/c23-19-13-11-17(12-14-19)21-22(25,18-7-3-1-4-8-18)15-16-24(21)20-9-5-2-6-10-20/h1-14,21,25H,15-16H2/t21-,22+/m1/s1. The number of nitrogens with zero attached hydrogens (tertiary/aromatic N) is 1. The monoisotopic (exact) mass is 333 g/mol. The van der Waals surface area contributed by atoms with Crippen LogP contribution in [0.15, 0.2) is 84.9 Å². The smallest absolute Gasteiger partial charge is 0.123 e. The van der Waals surface area contributed by atoms with Gasteiger partial charge in [-0.3, -0.25) is 0 Å². The Bertz CT molecular complexity index is 835. The highest BCUT2D eigenvalue weighted by atomic mass is 19.1. The highest BCUT2D eigenvalue weighted by molar-refractivity contribution is 5.53. The van der Waals surface area contributed by atoms with Crippen molar-refractivity contribution in [1.29, 1.82) is 0 Å². The summed E-state index contributed by atoms with van der Waals surface area (Å²) in [7, 11) is 0. The summed E-state index contributed by atoms with van der Waals surface area (Å²) in [5.74, 6) is -0.267. The van der Waals surface area contributed by atoms with Crippen molar-refractivity contribution in [1.82, 2.24) is 0 Å². The molecule has 1 fully saturated rings. The molecule has 3 aromatic rings. The zero-order valence-electron chi connectivity index (χ0n) is 13.8. The van der Waals surface area contributed by atoms with Gasteiger partial charge < -0.3 is 10.0 Å². The van der Waals surface area contributed by atoms with Crippen LogP contribution in [0.2, 0.25) is 0 Å². The van der Waals surface area contributed by atoms with Gasteiger partial charge in [0.15, 0.2) is 0 Å². The number of hydrogen-bond acceptors (Lipinski definition) is 2. The van der Waals surface area contributed by atoms with Gasteiger partial charge in [0, 0.05) is 18.7 Å². The van der Waals surface area contributed by atoms with E-state index in [1.165, 1.54) is 12.1 Å². The Kier molecular flexibility index (Phi) is 4.02. The lowest BCUT2D eigenvalue weighted by Crippen LogP contribution is -2.35. The summed E-state index contributed by atoms with van der Waals surface area (Å²) in [5, 5.41) is 11.6. The minimum Gasteiger partial charge on any atom is -0.383 e. The molecule has 0 amide bonds. The molecule has 1 saturated heterocycles. The zero-order chi connectivity index (χ0) is 17.3. The molecule has 0 saturated carbocycles. The van der Waals surface area contributed by atoms with Crippen molar-refractivity contribution in [3.8, 4) is 0 Å². The highest BCUT2D eigenvalue weighted by Crippen LogP contribution is 2.48. The van der Waals surface area contributed by atoms with Crippen molar-refractivity contribution in [3.63, 3.8) is 0 Å². The second-order valence-electron chi connectivity index (χ2n) is 6.52. The fourth-order valence-electron chi connectivity index (χ4n) is 3.84. The first kappa shape index (κ1) is 15.9. The molecule has 0 radical (unpaired) electrons. The Labute approximate surface area is 147 Å². The van der Waals surface area contributed by atoms with E-state index in [9.17, 15) is 9.50 Å². The Morgan fingerprint density at radius 1 is 0.840 bits per heavy atom. The zero-order valence-corrected chi connectivity index (χ0v) is 13.8. The van der Waals surface area contributed by atoms with Gasteiger partial charge in [-0.15, -0.1) is 0 Å². The Hall–Kier alpha value is -2.65. The second-order valence-corrected chi connectivity index (χ2v) is 6.52. The average molecular weight is 333 g/mol. The molecule has 0 aliphatic carbocycles. The lowest BCUT2D eigenvalue weighted by molar-refractivity contribution is 0.0271. The summed E-state index contributed by atoms with van der Waals surface area (Å²) >= 11 is 0. The third-order valence-electron chi connectivity index (χ3n) is 5.05. The second kappa shape index (κ2) is 6.34. The number of aliphatic hydroxyl groups is 1. The van der Waals surface area contributed by atoms with Crippen LogP contribution in [0, 0.1) is 5.82 Å². The summed E-state index contributed by atoms with van der Waals surface area (Å²) in [6.45, 7) is 0.734. The third-order valence-corrected chi connectivity index (χ3v) is 5.05. The van der Waals surface area contributed by atoms with Gasteiger partial charge >= 0.3 is 0 Å². The molecule has 4 rings (SSSR count). The van der Waals surface area contributed by atoms with Gasteiger partial charge in [0.1, 0.15) is 11.4 Å². The quantitative estimate of drug-likeness (QED) is 0.753. The van der Waals surface area contributed by atoms with Crippen LogP contribution in [0.3, 0.4) is 0 Å². The number of anilines is 1. The molecular weight excluding hydrogens is 313 g/mol. The normalized spacial score (nSPS) is 23.0. The molecule has 0 unspecified atom stereocenters. The van der Waals surface area contributed by atoms with Gasteiger partial charge in [0.05, 0.1) is 6.04 Å². The molecule has 1 heterocycles. The van der Waals surface area contributed by atoms with Gasteiger partial charge in [0.25, 0.3) is 0 Å². The Balaban J connectivity index is 1.83. The number of benzene rings is 3. The first-order chi connectivity index (χ1) is 12.2. The summed E-state index contributed by atoms with van der Waals surface area (Å²) < 4.78 is 13.4. The summed E-state index contributed by atoms with van der Waals surface area (Å²) in [5.41, 5.74) is 1.84. The summed E-state index contributed by atoms with van der Waals surface area (Å²) in [4.78, 5) is 2.21. The number of hydrogen-bond donors (Lipinski definition) is 1. The maximum Gasteiger partial charge on any atom is 0.123 e. The number of rotatable bonds is 3. The van der Waals surface area contributed by atoms with E-state index in [-0.39, 0.29) is 11.9 Å². The van der Waals surface area contributed by atoms with E-state index in [0.717, 1.165) is 23.4 Å². The van der Waals surface area contributed by atoms with Crippen molar-refractivity contribution in [3.05, 3.63) is 102 Å². The van der Waals surface area contributed by atoms with Crippen LogP contribution in [0.1, 0.15) is 23.6 Å². The van der Waals surface area contributed by atoms with Gasteiger partial charge in [-0.25, -0.2) is 4.39 Å². The Morgan fingerprint density at radius 3 is 2.08 bits per heavy atom. The van der Waals surface area contributed by atoms with Crippen LogP contribution in [0.5, 0.6) is 0 Å². The fraction of sp³-hybridized carbons (Fsp3) is 0.182. The van der Waals surface area contributed by atoms with Gasteiger partial charge in [0.2, 0.25) is 0 Å². The first-order valence-corrected chi connectivity index (χ1v) is 8.53. The van der Waals surface area contributed by atoms with Crippen LogP contribution in [0.4, 0.5) is 10.1 Å². The van der Waals surface area contributed by atoms with E-state index in [1.807, 2.05) is 60.7 Å². The van der Waals surface area contributed by atoms with Crippen molar-refractivity contribution >= 4 is 5.69 Å². The van der Waals surface area contributed by atoms with Gasteiger partial charge in [-0.2, -0.15) is 0 Å². The molecule has 3 aromatic carbocycles. The van der Waals surface area contributed by atoms with Crippen LogP contribution < -0.4 is 4.90 Å². The van der Waals surface area contributed by atoms with Gasteiger partial charge in [-0.1, -0.05) is 60.7 Å². The first-order valence-electron chi connectivity index (χ1n) is 8.53. The van der Waals surface area contributed by atoms with E-state index < -0.39 is 5.60 Å². The SMILES string of the molecule is O[C@]1(c2ccccc2)CCN(c2ccccc2)[C@@H]1c1ccc(F)cc1. The van der Waals surface area contributed by atoms with Crippen LogP contribution in [0.25, 0.3) is 0 Å². The molecule has 126 valence electrons. The third kappa shape index (κ3) is 2.81. The van der Waals surface area contributed by atoms with Crippen LogP contribution in [-0.4, -0.2) is 11.7 Å². The number of para-hydroxylation sites is 1. The Morgan fingerprint density at radius 2 is 1.44 bits per heavy atom. The largest absolute Gasteiger partial charge is 0.383 e. The van der Waals surface area contributed by atoms with Crippen molar-refractivity contribution in [2.24, 2.45) is 0 Å². The van der Waals surface area contributed by atoms with Gasteiger partial charge in [-0.05, 0) is 35.4 Å². The average Bonchev–Trinajstić information content (AvgIpc) is 3.03. The lowest BCUT2D eigenvalue weighted by atomic mass is 9.83. The van der Waals surface area contributed by atoms with E-state index >= 15 is 0 Å². The summed E-state index contributed by atoms with van der Waals surface area (Å²) in [6, 6.07) is 26.0. The minimum atomic E-state index is -1.02. The molecular formula is C22H20FNO. The van der Waals surface area contributed by atoms with E-state index in [0.29, 0.717) is 6.42 Å². The molecule has 1 aliphatic rings. The molecule has 0 spiro atoms. The molecule has 3 heteroatoms. The maximum atomic E-state index is 13.4. The molecule has 2 nitrogen and oxygen atoms in total. The molecule has 0 bridgehead atoms. The van der Waals surface area contributed by atoms with Crippen molar-refractivity contribution in [2.45, 2.75) is 18.1 Å². The topological polar surface area (TPSA) is 23.5 Å². The fourth-order valence-corrected chi connectivity index (χ4v) is 3.84. The lowest BCUT2D eigenvalue weighted by Gasteiger charge is -2.36. The predicted octanol–water partition coefficient (Wildman–Crippen LogP) is 4.66. The predicted molar refractivity (Wildman–Crippen MR) is 97.9 cm³/mol. The minimum absolute atomic E-state index is 0.266.